The van der Waals surface area contributed by atoms with E-state index in [0.717, 1.165) is 0 Å². The smallest absolute Gasteiger partial charge is 2.00 e. The molecule has 48 valence electrons. The van der Waals surface area contributed by atoms with Crippen LogP contribution in [0.5, 0.6) is 0 Å². The third kappa shape index (κ3) is 28.2. The van der Waals surface area contributed by atoms with E-state index >= 15 is 0 Å². The zero-order valence-electron chi connectivity index (χ0n) is 2.53. The van der Waals surface area contributed by atoms with Crippen LogP contribution in [0.15, 0.2) is 0 Å². The monoisotopic (exact) mass is 524 g/mol. The Morgan fingerprint density at radius 1 is 0.500 bits per heavy atom. The van der Waals surface area contributed by atoms with Crippen LogP contribution >= 0.6 is 9.90 Å². The molecule has 0 bridgehead atoms. The van der Waals surface area contributed by atoms with E-state index in [0.29, 0.717) is 0 Å². The number of hydrogen-bond acceptors (Lipinski definition) is 0. The predicted octanol–water partition coefficient (Wildman–Crippen LogP) is 0.0459. The molecule has 0 nitrogen and oxygen atoms in total. The van der Waals surface area contributed by atoms with E-state index < -0.39 is 0 Å². The van der Waals surface area contributed by atoms with Crippen LogP contribution in [0.25, 0.3) is 0 Å². The van der Waals surface area contributed by atoms with Gasteiger partial charge in [-0.25, -0.2) is 0 Å². The maximum Gasteiger partial charge on any atom is 3.00 e. The third-order valence-electron chi connectivity index (χ3n) is 0. The van der Waals surface area contributed by atoms with Gasteiger partial charge >= 0.3 is 44.8 Å². The van der Waals surface area contributed by atoms with Crippen LogP contribution in [0.3, 0.4) is 0 Å². The van der Waals surface area contributed by atoms with Crippen molar-refractivity contribution in [1.82, 2.24) is 0 Å². The molecule has 0 aliphatic carbocycles. The Bertz CT molecular complexity index is 8.75. The molecule has 0 aliphatic rings. The molecule has 0 saturated carbocycles. The summed E-state index contributed by atoms with van der Waals surface area (Å²) in [5.41, 5.74) is 0. The topological polar surface area (TPSA) is 0 Å². The van der Waals surface area contributed by atoms with Crippen molar-refractivity contribution in [3.8, 4) is 0 Å². The molecule has 0 aromatic carbocycles. The minimum atomic E-state index is 0. The zero-order chi connectivity index (χ0) is 0. The second-order valence-corrected chi connectivity index (χ2v) is 0. The summed E-state index contributed by atoms with van der Waals surface area (Å²) in [6.07, 6.45) is 0. The van der Waals surface area contributed by atoms with Crippen molar-refractivity contribution in [2.75, 3.05) is 0 Å². The second-order valence-electron chi connectivity index (χ2n) is 0. The molecular formula is H3Au2PS3. The van der Waals surface area contributed by atoms with Crippen molar-refractivity contribution in [2.24, 2.45) is 0 Å². The third-order valence-corrected chi connectivity index (χ3v) is 0. The van der Waals surface area contributed by atoms with Crippen molar-refractivity contribution in [3.05, 3.63) is 0 Å². The summed E-state index contributed by atoms with van der Waals surface area (Å²) in [7, 11) is 0. The molecule has 0 N–H and O–H groups in total. The standard InChI is InChI=1S/2Au.H3P.3S/h;;1H3;;;/q2*+3;;3*-2. The van der Waals surface area contributed by atoms with Gasteiger partial charge in [0.25, 0.3) is 0 Å². The normalized spacial score (nSPS) is 0. The fourth-order valence-corrected chi connectivity index (χ4v) is 0. The Hall–Kier alpha value is 2.96. The summed E-state index contributed by atoms with van der Waals surface area (Å²) in [4.78, 5) is 0. The summed E-state index contributed by atoms with van der Waals surface area (Å²) in [5.74, 6) is 0. The van der Waals surface area contributed by atoms with E-state index in [2.05, 4.69) is 0 Å². The van der Waals surface area contributed by atoms with Gasteiger partial charge in [-0.3, -0.25) is 0 Å². The summed E-state index contributed by atoms with van der Waals surface area (Å²) in [6, 6.07) is 0. The summed E-state index contributed by atoms with van der Waals surface area (Å²) < 4.78 is 0. The Kier molecular flexibility index (Phi) is 475. The van der Waals surface area contributed by atoms with Crippen molar-refractivity contribution in [3.63, 3.8) is 0 Å². The molecule has 0 aromatic rings. The molecule has 0 aromatic heterocycles. The fourth-order valence-electron chi connectivity index (χ4n) is 0. The van der Waals surface area contributed by atoms with Crippen molar-refractivity contribution in [2.45, 2.75) is 0 Å². The molecule has 0 spiro atoms. The van der Waals surface area contributed by atoms with Crippen LogP contribution in [0.1, 0.15) is 0 Å². The first-order valence-corrected chi connectivity index (χ1v) is 0. The van der Waals surface area contributed by atoms with Gasteiger partial charge in [-0.2, -0.15) is 9.90 Å². The SMILES string of the molecule is P.[Au+3].[Au+3].[S-2].[S-2].[S-2]. The largest absolute Gasteiger partial charge is 3.00 e. The van der Waals surface area contributed by atoms with Gasteiger partial charge in [-0.15, -0.1) is 0 Å². The zero-order valence-corrected chi connectivity index (χ0v) is 10.7. The molecule has 1 unspecified atom stereocenters. The van der Waals surface area contributed by atoms with E-state index in [9.17, 15) is 0 Å². The van der Waals surface area contributed by atoms with Gasteiger partial charge in [0.15, 0.2) is 0 Å². The van der Waals surface area contributed by atoms with Crippen molar-refractivity contribution >= 4 is 50.4 Å². The van der Waals surface area contributed by atoms with E-state index in [1.165, 1.54) is 0 Å². The average Bonchev–Trinajstić information content (AvgIpc) is 0. The van der Waals surface area contributed by atoms with Crippen LogP contribution in [0.4, 0.5) is 0 Å². The van der Waals surface area contributed by atoms with E-state index in [-0.39, 0.29) is 95.1 Å². The first kappa shape index (κ1) is 64.8. The van der Waals surface area contributed by atoms with Crippen LogP contribution < -0.4 is 0 Å². The van der Waals surface area contributed by atoms with Gasteiger partial charge in [0.05, 0.1) is 0 Å². The van der Waals surface area contributed by atoms with Gasteiger partial charge in [0.2, 0.25) is 0 Å². The maximum atomic E-state index is 0. The minimum absolute atomic E-state index is 0. The number of rotatable bonds is 0. The Morgan fingerprint density at radius 3 is 0.500 bits per heavy atom. The molecule has 0 amide bonds. The summed E-state index contributed by atoms with van der Waals surface area (Å²) >= 11 is 0. The van der Waals surface area contributed by atoms with Crippen LogP contribution in [0, 0.1) is 0 Å². The summed E-state index contributed by atoms with van der Waals surface area (Å²) in [6.45, 7) is 0. The van der Waals surface area contributed by atoms with Crippen LogP contribution in [-0.4, -0.2) is 0 Å². The van der Waals surface area contributed by atoms with E-state index in [1.807, 2.05) is 0 Å². The molecule has 0 rings (SSSR count). The second kappa shape index (κ2) is 44.0. The van der Waals surface area contributed by atoms with Gasteiger partial charge in [-0.05, 0) is 0 Å². The maximum absolute atomic E-state index is 0. The van der Waals surface area contributed by atoms with Crippen LogP contribution in [-0.2, 0) is 85.2 Å². The molecule has 0 saturated heterocycles. The molecule has 0 heterocycles. The van der Waals surface area contributed by atoms with Gasteiger partial charge in [0.1, 0.15) is 0 Å². The summed E-state index contributed by atoms with van der Waals surface area (Å²) in [5, 5.41) is 0. The molecule has 1 atom stereocenters. The van der Waals surface area contributed by atoms with Gasteiger partial charge < -0.3 is 40.5 Å². The van der Waals surface area contributed by atoms with Gasteiger partial charge in [0, 0.05) is 0 Å². The first-order chi connectivity index (χ1) is 0. The molecule has 0 radical (unpaired) electrons. The molecular weight excluding hydrogens is 521 g/mol. The van der Waals surface area contributed by atoms with Gasteiger partial charge in [-0.1, -0.05) is 0 Å². The van der Waals surface area contributed by atoms with Crippen LogP contribution in [0.2, 0.25) is 0 Å². The minimum Gasteiger partial charge on any atom is -2.00 e. The molecule has 0 fully saturated rings. The Labute approximate surface area is 94.0 Å². The molecule has 6 heteroatoms. The van der Waals surface area contributed by atoms with Crippen molar-refractivity contribution in [1.29, 1.82) is 0 Å². The molecule has 0 aliphatic heterocycles. The van der Waals surface area contributed by atoms with E-state index in [4.69, 9.17) is 0 Å². The van der Waals surface area contributed by atoms with E-state index in [1.54, 1.807) is 0 Å². The fraction of sp³-hybridized carbons (Fsp3) is 0. The van der Waals surface area contributed by atoms with Crippen molar-refractivity contribution < 1.29 is 44.8 Å². The molecule has 6 heavy (non-hydrogen) atoms. The Balaban J connectivity index is 0. The first-order valence-electron chi connectivity index (χ1n) is 0. The predicted molar refractivity (Wildman–Crippen MR) is 33.2 cm³/mol. The Morgan fingerprint density at radius 2 is 0.500 bits per heavy atom. The quantitative estimate of drug-likeness (QED) is 0.311. The number of hydrogen-bond donors (Lipinski definition) is 0. The average molecular weight is 524 g/mol.